The van der Waals surface area contributed by atoms with Crippen LogP contribution in [0.2, 0.25) is 10.0 Å². The number of nitrogens with one attached hydrogen (secondary N) is 2. The second-order valence-corrected chi connectivity index (χ2v) is 9.65. The number of amides is 2. The average Bonchev–Trinajstić information content (AvgIpc) is 2.84. The largest absolute Gasteiger partial charge is 0.497 e. The third-order valence-electron chi connectivity index (χ3n) is 4.60. The molecule has 3 rings (SSSR count). The molecule has 0 heterocycles. The zero-order valence-electron chi connectivity index (χ0n) is 18.6. The zero-order valence-corrected chi connectivity index (χ0v) is 23.3. The molecule has 0 atom stereocenters. The maximum absolute atomic E-state index is 12.6. The van der Waals surface area contributed by atoms with Gasteiger partial charge in [0, 0.05) is 11.4 Å². The third kappa shape index (κ3) is 7.48. The number of anilines is 2. The highest BCUT2D eigenvalue weighted by Crippen LogP contribution is 2.35. The van der Waals surface area contributed by atoms with Crippen LogP contribution in [0.5, 0.6) is 11.5 Å². The summed E-state index contributed by atoms with van der Waals surface area (Å²) in [5, 5.41) is 15.5. The molecule has 0 saturated heterocycles. The number of methoxy groups -OCH3 is 1. The predicted molar refractivity (Wildman–Crippen MR) is 148 cm³/mol. The van der Waals surface area contributed by atoms with Gasteiger partial charge in [0.05, 0.1) is 26.1 Å². The van der Waals surface area contributed by atoms with Crippen LogP contribution in [-0.2, 0) is 9.59 Å². The second-order valence-electron chi connectivity index (χ2n) is 7.13. The van der Waals surface area contributed by atoms with Crippen molar-refractivity contribution in [3.05, 3.63) is 84.7 Å². The second kappa shape index (κ2) is 12.8. The van der Waals surface area contributed by atoms with Crippen LogP contribution in [0.3, 0.4) is 0 Å². The number of halogens is 4. The fourth-order valence-electron chi connectivity index (χ4n) is 2.90. The predicted octanol–water partition coefficient (Wildman–Crippen LogP) is 7.09. The van der Waals surface area contributed by atoms with Crippen molar-refractivity contribution in [3.63, 3.8) is 0 Å². The Labute approximate surface area is 234 Å². The lowest BCUT2D eigenvalue weighted by molar-refractivity contribution is -0.118. The molecule has 0 aromatic heterocycles. The minimum Gasteiger partial charge on any atom is -0.497 e. The number of hydrogen-bond acceptors (Lipinski definition) is 5. The number of rotatable bonds is 8. The molecule has 3 aromatic rings. The van der Waals surface area contributed by atoms with Gasteiger partial charge in [-0.05, 0) is 98.1 Å². The summed E-state index contributed by atoms with van der Waals surface area (Å²) in [6.07, 6.45) is 1.44. The summed E-state index contributed by atoms with van der Waals surface area (Å²) >= 11 is 18.7. The Hall–Kier alpha value is -3.03. The van der Waals surface area contributed by atoms with Gasteiger partial charge in [-0.2, -0.15) is 5.26 Å². The van der Waals surface area contributed by atoms with E-state index in [2.05, 4.69) is 42.5 Å². The van der Waals surface area contributed by atoms with Gasteiger partial charge >= 0.3 is 0 Å². The third-order valence-corrected chi connectivity index (χ3v) is 6.51. The SMILES string of the molecule is COc1ccc(NC(=O)/C(C#N)=C\c2cc(Br)c(OCC(=O)Nc3ccc(Cl)c(Cl)c3)c(Br)c2)cc1. The van der Waals surface area contributed by atoms with Crippen molar-refractivity contribution in [1.82, 2.24) is 0 Å². The molecule has 2 N–H and O–H groups in total. The standard InChI is InChI=1S/C25H17Br2Cl2N3O4/c1-35-18-5-2-16(3-6-18)32-25(34)15(12-30)8-14-9-19(26)24(20(27)10-14)36-13-23(33)31-17-4-7-21(28)22(29)11-17/h2-11H,13H2,1H3,(H,31,33)(H,32,34)/b15-8-. The highest BCUT2D eigenvalue weighted by atomic mass is 79.9. The molecule has 3 aromatic carbocycles. The van der Waals surface area contributed by atoms with Gasteiger partial charge in [0.25, 0.3) is 11.8 Å². The van der Waals surface area contributed by atoms with Gasteiger partial charge in [-0.15, -0.1) is 0 Å². The monoisotopic (exact) mass is 651 g/mol. The molecule has 0 fully saturated rings. The van der Waals surface area contributed by atoms with E-state index >= 15 is 0 Å². The molecule has 0 bridgehead atoms. The van der Waals surface area contributed by atoms with Crippen LogP contribution in [-0.4, -0.2) is 25.5 Å². The van der Waals surface area contributed by atoms with E-state index in [0.29, 0.717) is 47.4 Å². The Morgan fingerprint density at radius 1 is 0.972 bits per heavy atom. The summed E-state index contributed by atoms with van der Waals surface area (Å²) in [6, 6.07) is 16.7. The van der Waals surface area contributed by atoms with Gasteiger partial charge in [-0.1, -0.05) is 23.2 Å². The van der Waals surface area contributed by atoms with E-state index in [4.69, 9.17) is 32.7 Å². The maximum atomic E-state index is 12.6. The first-order chi connectivity index (χ1) is 17.2. The lowest BCUT2D eigenvalue weighted by atomic mass is 10.1. The van der Waals surface area contributed by atoms with Crippen LogP contribution >= 0.6 is 55.1 Å². The molecule has 0 radical (unpaired) electrons. The van der Waals surface area contributed by atoms with Crippen LogP contribution in [0.25, 0.3) is 6.08 Å². The van der Waals surface area contributed by atoms with Crippen molar-refractivity contribution in [3.8, 4) is 17.6 Å². The van der Waals surface area contributed by atoms with E-state index in [1.54, 1.807) is 55.6 Å². The van der Waals surface area contributed by atoms with Gasteiger partial charge in [-0.3, -0.25) is 9.59 Å². The van der Waals surface area contributed by atoms with Crippen molar-refractivity contribution in [2.24, 2.45) is 0 Å². The minimum atomic E-state index is -0.561. The van der Waals surface area contributed by atoms with Gasteiger partial charge in [0.2, 0.25) is 0 Å². The highest BCUT2D eigenvalue weighted by molar-refractivity contribution is 9.11. The molecule has 7 nitrogen and oxygen atoms in total. The maximum Gasteiger partial charge on any atom is 0.266 e. The van der Waals surface area contributed by atoms with Crippen molar-refractivity contribution >= 4 is 84.3 Å². The number of nitriles is 1. The van der Waals surface area contributed by atoms with Crippen molar-refractivity contribution in [1.29, 1.82) is 5.26 Å². The topological polar surface area (TPSA) is 100 Å². The van der Waals surface area contributed by atoms with E-state index in [1.807, 2.05) is 6.07 Å². The molecular formula is C25H17Br2Cl2N3O4. The number of carbonyl (C=O) groups excluding carboxylic acids is 2. The average molecular weight is 654 g/mol. The van der Waals surface area contributed by atoms with Gasteiger partial charge in [0.15, 0.2) is 6.61 Å². The molecule has 0 unspecified atom stereocenters. The summed E-state index contributed by atoms with van der Waals surface area (Å²) < 4.78 is 11.8. The van der Waals surface area contributed by atoms with Crippen LogP contribution in [0, 0.1) is 11.3 Å². The van der Waals surface area contributed by atoms with Crippen LogP contribution in [0.15, 0.2) is 69.1 Å². The smallest absolute Gasteiger partial charge is 0.266 e. The Balaban J connectivity index is 1.68. The van der Waals surface area contributed by atoms with E-state index < -0.39 is 11.8 Å². The number of nitrogens with zero attached hydrogens (tertiary/aromatic N) is 1. The molecule has 0 aliphatic carbocycles. The lowest BCUT2D eigenvalue weighted by Gasteiger charge is -2.12. The van der Waals surface area contributed by atoms with Gasteiger partial charge < -0.3 is 20.1 Å². The number of benzene rings is 3. The number of hydrogen-bond donors (Lipinski definition) is 2. The molecular weight excluding hydrogens is 637 g/mol. The van der Waals surface area contributed by atoms with E-state index in [9.17, 15) is 14.9 Å². The minimum absolute atomic E-state index is 0.0979. The highest BCUT2D eigenvalue weighted by Gasteiger charge is 2.14. The van der Waals surface area contributed by atoms with E-state index in [0.717, 1.165) is 0 Å². The first-order valence-corrected chi connectivity index (χ1v) is 12.5. The first-order valence-electron chi connectivity index (χ1n) is 10.1. The summed E-state index contributed by atoms with van der Waals surface area (Å²) in [5.41, 5.74) is 1.46. The summed E-state index contributed by atoms with van der Waals surface area (Å²) in [4.78, 5) is 24.8. The van der Waals surface area contributed by atoms with Gasteiger partial charge in [0.1, 0.15) is 23.1 Å². The normalized spacial score (nSPS) is 10.8. The van der Waals surface area contributed by atoms with Crippen molar-refractivity contribution in [2.45, 2.75) is 0 Å². The molecule has 184 valence electrons. The zero-order chi connectivity index (χ0) is 26.2. The molecule has 0 spiro atoms. The van der Waals surface area contributed by atoms with E-state index in [1.165, 1.54) is 12.1 Å². The Kier molecular flexibility index (Phi) is 9.79. The van der Waals surface area contributed by atoms with Crippen LogP contribution in [0.4, 0.5) is 11.4 Å². The lowest BCUT2D eigenvalue weighted by Crippen LogP contribution is -2.20. The molecule has 11 heteroatoms. The molecule has 0 aliphatic rings. The summed E-state index contributed by atoms with van der Waals surface area (Å²) in [5.74, 6) is 0.0536. The Bertz CT molecular complexity index is 1350. The van der Waals surface area contributed by atoms with Gasteiger partial charge in [-0.25, -0.2) is 0 Å². The fourth-order valence-corrected chi connectivity index (χ4v) is 4.65. The first kappa shape index (κ1) is 27.6. The Morgan fingerprint density at radius 2 is 1.61 bits per heavy atom. The molecule has 0 aliphatic heterocycles. The molecule has 36 heavy (non-hydrogen) atoms. The van der Waals surface area contributed by atoms with E-state index in [-0.39, 0.29) is 12.2 Å². The quantitative estimate of drug-likeness (QED) is 0.200. The van der Waals surface area contributed by atoms with Crippen molar-refractivity contribution < 1.29 is 19.1 Å². The number of carbonyl (C=O) groups is 2. The van der Waals surface area contributed by atoms with Crippen molar-refractivity contribution in [2.75, 3.05) is 24.4 Å². The number of ether oxygens (including phenoxy) is 2. The molecule has 2 amide bonds. The summed E-state index contributed by atoms with van der Waals surface area (Å²) in [7, 11) is 1.54. The molecule has 0 saturated carbocycles. The Morgan fingerprint density at radius 3 is 2.19 bits per heavy atom. The van der Waals surface area contributed by atoms with Crippen LogP contribution in [0.1, 0.15) is 5.56 Å². The fraction of sp³-hybridized carbons (Fsp3) is 0.0800. The van der Waals surface area contributed by atoms with Crippen LogP contribution < -0.4 is 20.1 Å². The summed E-state index contributed by atoms with van der Waals surface area (Å²) in [6.45, 7) is -0.277.